The second kappa shape index (κ2) is 6.96. The fourth-order valence-electron chi connectivity index (χ4n) is 2.58. The maximum Gasteiger partial charge on any atom is 0.274 e. The monoisotopic (exact) mass is 393 g/mol. The Hall–Kier alpha value is -2.84. The lowest BCUT2D eigenvalue weighted by Gasteiger charge is -2.11. The van der Waals surface area contributed by atoms with E-state index in [2.05, 4.69) is 27.3 Å². The van der Waals surface area contributed by atoms with Gasteiger partial charge in [-0.05, 0) is 67.4 Å². The number of aryl methyl sites for hydroxylation is 2. The highest BCUT2D eigenvalue weighted by atomic mass is 79.9. The van der Waals surface area contributed by atoms with Gasteiger partial charge in [0.25, 0.3) is 5.91 Å². The first-order valence-corrected chi connectivity index (χ1v) is 8.55. The van der Waals surface area contributed by atoms with Gasteiger partial charge in [0, 0.05) is 22.0 Å². The summed E-state index contributed by atoms with van der Waals surface area (Å²) in [6, 6.07) is 17.1. The molecule has 3 rings (SSSR count). The van der Waals surface area contributed by atoms with Crippen LogP contribution in [-0.4, -0.2) is 10.5 Å². The molecule has 1 heterocycles. The van der Waals surface area contributed by atoms with Crippen LogP contribution in [0.4, 0.5) is 5.69 Å². The van der Waals surface area contributed by atoms with E-state index in [-0.39, 0.29) is 5.91 Å². The molecule has 0 saturated heterocycles. The summed E-state index contributed by atoms with van der Waals surface area (Å²) in [6.45, 7) is 4.02. The highest BCUT2D eigenvalue weighted by molar-refractivity contribution is 9.10. The second-order valence-corrected chi connectivity index (χ2v) is 6.71. The number of nitriles is 1. The summed E-state index contributed by atoms with van der Waals surface area (Å²) in [6.07, 6.45) is 1.73. The fraction of sp³-hybridized carbons (Fsp3) is 0.100. The molecule has 0 aliphatic heterocycles. The van der Waals surface area contributed by atoms with Crippen LogP contribution in [0.5, 0.6) is 0 Å². The van der Waals surface area contributed by atoms with Crippen LogP contribution in [-0.2, 0) is 0 Å². The zero-order chi connectivity index (χ0) is 18.0. The number of hydrogen-bond donors (Lipinski definition) is 1. The highest BCUT2D eigenvalue weighted by Gasteiger charge is 2.18. The van der Waals surface area contributed by atoms with E-state index >= 15 is 0 Å². The van der Waals surface area contributed by atoms with Crippen LogP contribution < -0.4 is 5.32 Å². The molecule has 0 aliphatic rings. The number of aromatic nitrogens is 1. The average molecular weight is 394 g/mol. The van der Waals surface area contributed by atoms with Crippen LogP contribution in [0.2, 0.25) is 0 Å². The SMILES string of the molecule is Cc1ccc(NC(=O)c2c(C#N)ccn2-c2ccc(Br)cc2)cc1C. The number of nitrogens with zero attached hydrogens (tertiary/aromatic N) is 2. The molecule has 0 fully saturated rings. The maximum atomic E-state index is 12.8. The van der Waals surface area contributed by atoms with Crippen LogP contribution in [0, 0.1) is 25.2 Å². The van der Waals surface area contributed by atoms with Gasteiger partial charge in [-0.15, -0.1) is 0 Å². The third kappa shape index (κ3) is 3.49. The van der Waals surface area contributed by atoms with Gasteiger partial charge in [-0.3, -0.25) is 4.79 Å². The molecule has 0 bridgehead atoms. The third-order valence-corrected chi connectivity index (χ3v) is 4.62. The van der Waals surface area contributed by atoms with Crippen molar-refractivity contribution in [1.82, 2.24) is 4.57 Å². The molecule has 4 nitrogen and oxygen atoms in total. The molecule has 0 saturated carbocycles. The quantitative estimate of drug-likeness (QED) is 0.681. The van der Waals surface area contributed by atoms with Gasteiger partial charge in [0.2, 0.25) is 0 Å². The minimum Gasteiger partial charge on any atom is -0.321 e. The molecule has 3 aromatic rings. The summed E-state index contributed by atoms with van der Waals surface area (Å²) in [5.41, 5.74) is 4.44. The number of carbonyl (C=O) groups is 1. The molecular weight excluding hydrogens is 378 g/mol. The summed E-state index contributed by atoms with van der Waals surface area (Å²) >= 11 is 3.40. The Bertz CT molecular complexity index is 981. The normalized spacial score (nSPS) is 10.3. The fourth-order valence-corrected chi connectivity index (χ4v) is 2.84. The van der Waals surface area contributed by atoms with Crippen molar-refractivity contribution in [1.29, 1.82) is 5.26 Å². The molecule has 0 atom stereocenters. The van der Waals surface area contributed by atoms with Gasteiger partial charge in [0.05, 0.1) is 5.56 Å². The van der Waals surface area contributed by atoms with Crippen molar-refractivity contribution in [3.05, 3.63) is 81.6 Å². The van der Waals surface area contributed by atoms with Crippen LogP contribution >= 0.6 is 15.9 Å². The highest BCUT2D eigenvalue weighted by Crippen LogP contribution is 2.21. The van der Waals surface area contributed by atoms with Crippen molar-refractivity contribution in [2.75, 3.05) is 5.32 Å². The molecule has 5 heteroatoms. The Morgan fingerprint density at radius 3 is 2.44 bits per heavy atom. The second-order valence-electron chi connectivity index (χ2n) is 5.79. The number of nitrogens with one attached hydrogen (secondary N) is 1. The number of rotatable bonds is 3. The first-order valence-electron chi connectivity index (χ1n) is 7.75. The van der Waals surface area contributed by atoms with Gasteiger partial charge >= 0.3 is 0 Å². The van der Waals surface area contributed by atoms with Gasteiger partial charge < -0.3 is 9.88 Å². The molecular formula is C20H16BrN3O. The molecule has 25 heavy (non-hydrogen) atoms. The van der Waals surface area contributed by atoms with E-state index in [0.29, 0.717) is 16.9 Å². The molecule has 0 radical (unpaired) electrons. The summed E-state index contributed by atoms with van der Waals surface area (Å²) in [7, 11) is 0. The lowest BCUT2D eigenvalue weighted by molar-refractivity contribution is 0.102. The van der Waals surface area contributed by atoms with Crippen LogP contribution in [0.25, 0.3) is 5.69 Å². The third-order valence-electron chi connectivity index (χ3n) is 4.09. The minimum atomic E-state index is -0.312. The summed E-state index contributed by atoms with van der Waals surface area (Å²) in [5.74, 6) is -0.312. The molecule has 1 aromatic heterocycles. The van der Waals surface area contributed by atoms with E-state index in [4.69, 9.17) is 0 Å². The van der Waals surface area contributed by atoms with Gasteiger partial charge in [-0.1, -0.05) is 22.0 Å². The first-order chi connectivity index (χ1) is 12.0. The zero-order valence-corrected chi connectivity index (χ0v) is 15.5. The molecule has 0 unspecified atom stereocenters. The van der Waals surface area contributed by atoms with Crippen molar-refractivity contribution >= 4 is 27.5 Å². The van der Waals surface area contributed by atoms with Crippen molar-refractivity contribution < 1.29 is 4.79 Å². The number of anilines is 1. The van der Waals surface area contributed by atoms with E-state index in [1.54, 1.807) is 16.8 Å². The lowest BCUT2D eigenvalue weighted by Crippen LogP contribution is -2.17. The summed E-state index contributed by atoms with van der Waals surface area (Å²) in [5, 5.41) is 12.3. The van der Waals surface area contributed by atoms with Crippen LogP contribution in [0.3, 0.4) is 0 Å². The van der Waals surface area contributed by atoms with E-state index < -0.39 is 0 Å². The lowest BCUT2D eigenvalue weighted by atomic mass is 10.1. The van der Waals surface area contributed by atoms with Crippen LogP contribution in [0.1, 0.15) is 27.2 Å². The molecule has 1 amide bonds. The van der Waals surface area contributed by atoms with Crippen LogP contribution in [0.15, 0.2) is 59.2 Å². The largest absolute Gasteiger partial charge is 0.321 e. The Morgan fingerprint density at radius 1 is 1.08 bits per heavy atom. The van der Waals surface area contributed by atoms with Crippen molar-refractivity contribution in [3.63, 3.8) is 0 Å². The molecule has 2 aromatic carbocycles. The van der Waals surface area contributed by atoms with Crippen molar-refractivity contribution in [2.24, 2.45) is 0 Å². The molecule has 124 valence electrons. The number of benzene rings is 2. The molecule has 1 N–H and O–H groups in total. The van der Waals surface area contributed by atoms with E-state index in [1.165, 1.54) is 0 Å². The Kier molecular flexibility index (Phi) is 4.73. The zero-order valence-electron chi connectivity index (χ0n) is 13.9. The number of hydrogen-bond acceptors (Lipinski definition) is 2. The summed E-state index contributed by atoms with van der Waals surface area (Å²) in [4.78, 5) is 12.8. The summed E-state index contributed by atoms with van der Waals surface area (Å²) < 4.78 is 2.67. The number of carbonyl (C=O) groups excluding carboxylic acids is 1. The van der Waals surface area contributed by atoms with E-state index in [0.717, 1.165) is 21.3 Å². The minimum absolute atomic E-state index is 0.312. The Labute approximate surface area is 154 Å². The number of amides is 1. The van der Waals surface area contributed by atoms with Gasteiger partial charge in [0.1, 0.15) is 11.8 Å². The van der Waals surface area contributed by atoms with Gasteiger partial charge in [-0.2, -0.15) is 5.26 Å². The average Bonchev–Trinajstić information content (AvgIpc) is 3.03. The van der Waals surface area contributed by atoms with E-state index in [9.17, 15) is 10.1 Å². The number of halogens is 1. The predicted molar refractivity (Wildman–Crippen MR) is 102 cm³/mol. The van der Waals surface area contributed by atoms with Gasteiger partial charge in [0.15, 0.2) is 0 Å². The maximum absolute atomic E-state index is 12.8. The van der Waals surface area contributed by atoms with Gasteiger partial charge in [-0.25, -0.2) is 0 Å². The molecule has 0 spiro atoms. The first kappa shape index (κ1) is 17.0. The van der Waals surface area contributed by atoms with Crippen molar-refractivity contribution in [2.45, 2.75) is 13.8 Å². The Morgan fingerprint density at radius 2 is 1.80 bits per heavy atom. The van der Waals surface area contributed by atoms with E-state index in [1.807, 2.05) is 56.3 Å². The standard InChI is InChI=1S/C20H16BrN3O/c1-13-3-6-17(11-14(13)2)23-20(25)19-15(12-22)9-10-24(19)18-7-4-16(21)5-8-18/h3-11H,1-2H3,(H,23,25). The smallest absolute Gasteiger partial charge is 0.274 e. The topological polar surface area (TPSA) is 57.8 Å². The Balaban J connectivity index is 1.99. The van der Waals surface area contributed by atoms with Crippen molar-refractivity contribution in [3.8, 4) is 11.8 Å². The molecule has 0 aliphatic carbocycles. The predicted octanol–water partition coefficient (Wildman–Crippen LogP) is 4.98.